The van der Waals surface area contributed by atoms with Crippen molar-refractivity contribution in [2.45, 2.75) is 6.54 Å². The Balaban J connectivity index is 1.71. The Bertz CT molecular complexity index is 922. The lowest BCUT2D eigenvalue weighted by atomic mass is 10.0. The SMILES string of the molecule is COc1ccc(C(=O)c2ccccc2NC(=O)NCc2ccccc2)cc1. The summed E-state index contributed by atoms with van der Waals surface area (Å²) in [6, 6.07) is 23.1. The maximum atomic E-state index is 12.8. The van der Waals surface area contributed by atoms with Crippen LogP contribution in [0.4, 0.5) is 10.5 Å². The second-order valence-electron chi connectivity index (χ2n) is 5.90. The molecule has 3 aromatic rings. The molecular weight excluding hydrogens is 340 g/mol. The summed E-state index contributed by atoms with van der Waals surface area (Å²) in [5, 5.41) is 5.55. The lowest BCUT2D eigenvalue weighted by molar-refractivity contribution is 0.103. The van der Waals surface area contributed by atoms with E-state index in [2.05, 4.69) is 10.6 Å². The Morgan fingerprint density at radius 1 is 0.852 bits per heavy atom. The molecule has 0 aliphatic rings. The number of benzene rings is 3. The lowest BCUT2D eigenvalue weighted by Gasteiger charge is -2.12. The number of nitrogens with one attached hydrogen (secondary N) is 2. The van der Waals surface area contributed by atoms with Gasteiger partial charge >= 0.3 is 6.03 Å². The number of methoxy groups -OCH3 is 1. The topological polar surface area (TPSA) is 67.4 Å². The van der Waals surface area contributed by atoms with E-state index >= 15 is 0 Å². The molecule has 2 amide bonds. The molecule has 0 heterocycles. The zero-order valence-corrected chi connectivity index (χ0v) is 14.9. The lowest BCUT2D eigenvalue weighted by Crippen LogP contribution is -2.28. The number of urea groups is 1. The van der Waals surface area contributed by atoms with Crippen LogP contribution in [0.2, 0.25) is 0 Å². The minimum absolute atomic E-state index is 0.170. The first kappa shape index (κ1) is 18.2. The van der Waals surface area contributed by atoms with E-state index in [-0.39, 0.29) is 11.8 Å². The number of ether oxygens (including phenoxy) is 1. The quantitative estimate of drug-likeness (QED) is 0.646. The predicted molar refractivity (Wildman–Crippen MR) is 105 cm³/mol. The fraction of sp³-hybridized carbons (Fsp3) is 0.0909. The predicted octanol–water partition coefficient (Wildman–Crippen LogP) is 4.25. The summed E-state index contributed by atoms with van der Waals surface area (Å²) in [6.45, 7) is 0.404. The summed E-state index contributed by atoms with van der Waals surface area (Å²) in [5.74, 6) is 0.509. The number of hydrogen-bond donors (Lipinski definition) is 2. The Labute approximate surface area is 158 Å². The summed E-state index contributed by atoms with van der Waals surface area (Å²) in [7, 11) is 1.57. The zero-order chi connectivity index (χ0) is 19.1. The molecule has 0 aromatic heterocycles. The van der Waals surface area contributed by atoms with Gasteiger partial charge in [-0.25, -0.2) is 4.79 Å². The largest absolute Gasteiger partial charge is 0.497 e. The number of anilines is 1. The minimum Gasteiger partial charge on any atom is -0.497 e. The summed E-state index contributed by atoms with van der Waals surface area (Å²) in [4.78, 5) is 25.0. The van der Waals surface area contributed by atoms with Gasteiger partial charge in [0.25, 0.3) is 0 Å². The maximum Gasteiger partial charge on any atom is 0.319 e. The van der Waals surface area contributed by atoms with Crippen LogP contribution in [0, 0.1) is 0 Å². The molecule has 136 valence electrons. The van der Waals surface area contributed by atoms with Crippen molar-refractivity contribution in [1.82, 2.24) is 5.32 Å². The van der Waals surface area contributed by atoms with Crippen LogP contribution in [-0.4, -0.2) is 18.9 Å². The number of para-hydroxylation sites is 1. The van der Waals surface area contributed by atoms with E-state index < -0.39 is 0 Å². The van der Waals surface area contributed by atoms with Gasteiger partial charge in [-0.3, -0.25) is 4.79 Å². The van der Waals surface area contributed by atoms with Crippen molar-refractivity contribution in [3.05, 3.63) is 95.6 Å². The van der Waals surface area contributed by atoms with E-state index in [9.17, 15) is 9.59 Å². The summed E-state index contributed by atoms with van der Waals surface area (Å²) < 4.78 is 5.12. The van der Waals surface area contributed by atoms with E-state index in [0.29, 0.717) is 29.1 Å². The number of amides is 2. The Hall–Kier alpha value is -3.60. The van der Waals surface area contributed by atoms with E-state index in [4.69, 9.17) is 4.74 Å². The highest BCUT2D eigenvalue weighted by molar-refractivity contribution is 6.13. The molecule has 0 unspecified atom stereocenters. The highest BCUT2D eigenvalue weighted by Crippen LogP contribution is 2.21. The average Bonchev–Trinajstić information content (AvgIpc) is 2.73. The molecule has 0 radical (unpaired) electrons. The van der Waals surface area contributed by atoms with E-state index in [0.717, 1.165) is 5.56 Å². The van der Waals surface area contributed by atoms with Crippen LogP contribution in [0.1, 0.15) is 21.5 Å². The van der Waals surface area contributed by atoms with Crippen molar-refractivity contribution < 1.29 is 14.3 Å². The van der Waals surface area contributed by atoms with Gasteiger partial charge in [-0.2, -0.15) is 0 Å². The van der Waals surface area contributed by atoms with Crippen LogP contribution in [0.3, 0.4) is 0 Å². The molecule has 5 heteroatoms. The summed E-state index contributed by atoms with van der Waals surface area (Å²) in [5.41, 5.74) is 2.41. The van der Waals surface area contributed by atoms with Crippen LogP contribution in [0.5, 0.6) is 5.75 Å². The smallest absolute Gasteiger partial charge is 0.319 e. The second-order valence-corrected chi connectivity index (χ2v) is 5.90. The van der Waals surface area contributed by atoms with Gasteiger partial charge in [-0.1, -0.05) is 42.5 Å². The normalized spacial score (nSPS) is 10.1. The van der Waals surface area contributed by atoms with Crippen molar-refractivity contribution in [2.75, 3.05) is 12.4 Å². The average molecular weight is 360 g/mol. The molecule has 0 fully saturated rings. The molecule has 3 aromatic carbocycles. The Kier molecular flexibility index (Phi) is 5.84. The fourth-order valence-electron chi connectivity index (χ4n) is 2.63. The first-order valence-electron chi connectivity index (χ1n) is 8.54. The molecule has 5 nitrogen and oxygen atoms in total. The monoisotopic (exact) mass is 360 g/mol. The number of carbonyl (C=O) groups excluding carboxylic acids is 2. The number of carbonyl (C=O) groups is 2. The summed E-state index contributed by atoms with van der Waals surface area (Å²) >= 11 is 0. The third-order valence-electron chi connectivity index (χ3n) is 4.07. The molecule has 0 bridgehead atoms. The number of ketones is 1. The summed E-state index contributed by atoms with van der Waals surface area (Å²) in [6.07, 6.45) is 0. The van der Waals surface area contributed by atoms with Gasteiger partial charge in [0.15, 0.2) is 5.78 Å². The molecule has 0 saturated heterocycles. The van der Waals surface area contributed by atoms with E-state index in [1.165, 1.54) is 0 Å². The van der Waals surface area contributed by atoms with E-state index in [1.54, 1.807) is 55.6 Å². The first-order valence-corrected chi connectivity index (χ1v) is 8.54. The van der Waals surface area contributed by atoms with Crippen LogP contribution < -0.4 is 15.4 Å². The van der Waals surface area contributed by atoms with Gasteiger partial charge in [0.2, 0.25) is 0 Å². The molecule has 2 N–H and O–H groups in total. The molecule has 0 spiro atoms. The Morgan fingerprint density at radius 2 is 1.52 bits per heavy atom. The molecule has 0 aliphatic carbocycles. The van der Waals surface area contributed by atoms with Gasteiger partial charge in [0.05, 0.1) is 12.8 Å². The van der Waals surface area contributed by atoms with Crippen molar-refractivity contribution in [3.8, 4) is 5.75 Å². The van der Waals surface area contributed by atoms with Gasteiger partial charge in [0.1, 0.15) is 5.75 Å². The number of rotatable bonds is 6. The van der Waals surface area contributed by atoms with Gasteiger partial charge in [-0.05, 0) is 42.0 Å². The van der Waals surface area contributed by atoms with Crippen molar-refractivity contribution in [3.63, 3.8) is 0 Å². The number of hydrogen-bond acceptors (Lipinski definition) is 3. The molecule has 3 rings (SSSR count). The maximum absolute atomic E-state index is 12.8. The highest BCUT2D eigenvalue weighted by atomic mass is 16.5. The fourth-order valence-corrected chi connectivity index (χ4v) is 2.63. The molecule has 27 heavy (non-hydrogen) atoms. The Morgan fingerprint density at radius 3 is 2.22 bits per heavy atom. The van der Waals surface area contributed by atoms with Gasteiger partial charge in [0, 0.05) is 17.7 Å². The second kappa shape index (κ2) is 8.67. The zero-order valence-electron chi connectivity index (χ0n) is 14.9. The minimum atomic E-state index is -0.367. The first-order chi connectivity index (χ1) is 13.2. The molecule has 0 atom stereocenters. The molecule has 0 aliphatic heterocycles. The highest BCUT2D eigenvalue weighted by Gasteiger charge is 2.15. The van der Waals surface area contributed by atoms with E-state index in [1.807, 2.05) is 30.3 Å². The molecule has 0 saturated carbocycles. The van der Waals surface area contributed by atoms with Crippen LogP contribution >= 0.6 is 0 Å². The third kappa shape index (κ3) is 4.73. The van der Waals surface area contributed by atoms with Crippen molar-refractivity contribution >= 4 is 17.5 Å². The van der Waals surface area contributed by atoms with Gasteiger partial charge in [-0.15, -0.1) is 0 Å². The van der Waals surface area contributed by atoms with Crippen LogP contribution in [0.15, 0.2) is 78.9 Å². The van der Waals surface area contributed by atoms with Crippen molar-refractivity contribution in [2.24, 2.45) is 0 Å². The molecular formula is C22H20N2O3. The standard InChI is InChI=1S/C22H20N2O3/c1-27-18-13-11-17(12-14-18)21(25)19-9-5-6-10-20(19)24-22(26)23-15-16-7-3-2-4-8-16/h2-14H,15H2,1H3,(H2,23,24,26). The van der Waals surface area contributed by atoms with Crippen molar-refractivity contribution in [1.29, 1.82) is 0 Å². The third-order valence-corrected chi connectivity index (χ3v) is 4.07. The van der Waals surface area contributed by atoms with Crippen LogP contribution in [0.25, 0.3) is 0 Å². The van der Waals surface area contributed by atoms with Gasteiger partial charge < -0.3 is 15.4 Å². The van der Waals surface area contributed by atoms with Crippen LogP contribution in [-0.2, 0) is 6.54 Å².